The fourth-order valence-electron chi connectivity index (χ4n) is 2.52. The summed E-state index contributed by atoms with van der Waals surface area (Å²) in [4.78, 5) is 15.9. The summed E-state index contributed by atoms with van der Waals surface area (Å²) in [5.74, 6) is -0.0724. The predicted octanol–water partition coefficient (Wildman–Crippen LogP) is 0.696. The van der Waals surface area contributed by atoms with Crippen molar-refractivity contribution < 1.29 is 13.9 Å². The summed E-state index contributed by atoms with van der Waals surface area (Å²) in [6.07, 6.45) is 0. The molecule has 0 spiro atoms. The van der Waals surface area contributed by atoms with E-state index in [4.69, 9.17) is 4.74 Å². The lowest BCUT2D eigenvalue weighted by molar-refractivity contribution is -0.135. The van der Waals surface area contributed by atoms with Gasteiger partial charge in [-0.1, -0.05) is 6.07 Å². The van der Waals surface area contributed by atoms with Gasteiger partial charge in [0.05, 0.1) is 7.11 Å². The van der Waals surface area contributed by atoms with Gasteiger partial charge in [-0.05, 0) is 17.7 Å². The molecule has 1 aromatic rings. The van der Waals surface area contributed by atoms with Crippen LogP contribution in [0.1, 0.15) is 5.56 Å². The highest BCUT2D eigenvalue weighted by atomic mass is 19.1. The van der Waals surface area contributed by atoms with Crippen molar-refractivity contribution in [2.45, 2.75) is 12.6 Å². The monoisotopic (exact) mass is 295 g/mol. The van der Waals surface area contributed by atoms with Crippen LogP contribution in [0.4, 0.5) is 4.39 Å². The van der Waals surface area contributed by atoms with Crippen molar-refractivity contribution in [1.29, 1.82) is 0 Å². The number of amides is 1. The fraction of sp³-hybridized carbons (Fsp3) is 0.533. The van der Waals surface area contributed by atoms with Crippen LogP contribution in [0, 0.1) is 5.82 Å². The highest BCUT2D eigenvalue weighted by Gasteiger charge is 2.29. The van der Waals surface area contributed by atoms with Crippen molar-refractivity contribution in [2.75, 3.05) is 40.8 Å². The fourth-order valence-corrected chi connectivity index (χ4v) is 2.52. The molecular formula is C15H22FN3O2. The molecule has 0 aromatic heterocycles. The molecular weight excluding hydrogens is 273 g/mol. The average molecular weight is 295 g/mol. The van der Waals surface area contributed by atoms with E-state index >= 15 is 0 Å². The summed E-state index contributed by atoms with van der Waals surface area (Å²) >= 11 is 0. The van der Waals surface area contributed by atoms with Gasteiger partial charge in [0, 0.05) is 40.3 Å². The predicted molar refractivity (Wildman–Crippen MR) is 78.7 cm³/mol. The maximum Gasteiger partial charge on any atom is 0.240 e. The van der Waals surface area contributed by atoms with Gasteiger partial charge in [-0.3, -0.25) is 9.69 Å². The first-order chi connectivity index (χ1) is 10.0. The number of rotatable bonds is 4. The molecule has 1 aromatic carbocycles. The number of hydrogen-bond donors (Lipinski definition) is 1. The van der Waals surface area contributed by atoms with E-state index in [9.17, 15) is 9.18 Å². The zero-order valence-corrected chi connectivity index (χ0v) is 12.7. The topological polar surface area (TPSA) is 44.8 Å². The van der Waals surface area contributed by atoms with Crippen molar-refractivity contribution in [3.63, 3.8) is 0 Å². The molecule has 0 bridgehead atoms. The zero-order chi connectivity index (χ0) is 15.4. The summed E-state index contributed by atoms with van der Waals surface area (Å²) in [6, 6.07) is 4.72. The minimum atomic E-state index is -0.374. The van der Waals surface area contributed by atoms with E-state index in [1.165, 1.54) is 13.2 Å². The van der Waals surface area contributed by atoms with Gasteiger partial charge in [0.2, 0.25) is 5.91 Å². The van der Waals surface area contributed by atoms with E-state index in [-0.39, 0.29) is 23.5 Å². The van der Waals surface area contributed by atoms with E-state index in [0.717, 1.165) is 18.7 Å². The lowest BCUT2D eigenvalue weighted by Gasteiger charge is -2.36. The molecule has 1 aliphatic heterocycles. The van der Waals surface area contributed by atoms with E-state index < -0.39 is 0 Å². The maximum atomic E-state index is 13.8. The Morgan fingerprint density at radius 1 is 1.52 bits per heavy atom. The quantitative estimate of drug-likeness (QED) is 0.888. The number of likely N-dealkylation sites (N-methyl/N-ethyl adjacent to an activating group) is 1. The first-order valence-corrected chi connectivity index (χ1v) is 7.01. The first-order valence-electron chi connectivity index (χ1n) is 7.01. The molecule has 21 heavy (non-hydrogen) atoms. The molecule has 1 amide bonds. The van der Waals surface area contributed by atoms with Gasteiger partial charge in [0.25, 0.3) is 0 Å². The third-order valence-electron chi connectivity index (χ3n) is 3.68. The molecule has 116 valence electrons. The van der Waals surface area contributed by atoms with Gasteiger partial charge in [-0.2, -0.15) is 0 Å². The highest BCUT2D eigenvalue weighted by Crippen LogP contribution is 2.20. The molecule has 6 heteroatoms. The zero-order valence-electron chi connectivity index (χ0n) is 12.7. The van der Waals surface area contributed by atoms with E-state index in [1.807, 2.05) is 6.07 Å². The minimum Gasteiger partial charge on any atom is -0.494 e. The van der Waals surface area contributed by atoms with Crippen molar-refractivity contribution >= 4 is 5.91 Å². The molecule has 1 heterocycles. The Labute approximate surface area is 124 Å². The van der Waals surface area contributed by atoms with Gasteiger partial charge < -0.3 is 15.0 Å². The van der Waals surface area contributed by atoms with Crippen LogP contribution in [-0.4, -0.2) is 62.6 Å². The van der Waals surface area contributed by atoms with Gasteiger partial charge in [-0.25, -0.2) is 4.39 Å². The first kappa shape index (κ1) is 15.7. The van der Waals surface area contributed by atoms with Crippen LogP contribution in [0.2, 0.25) is 0 Å². The van der Waals surface area contributed by atoms with Crippen molar-refractivity contribution in [2.24, 2.45) is 0 Å². The van der Waals surface area contributed by atoms with E-state index in [0.29, 0.717) is 13.1 Å². The minimum absolute atomic E-state index is 0.0659. The van der Waals surface area contributed by atoms with Crippen molar-refractivity contribution in [3.8, 4) is 5.75 Å². The van der Waals surface area contributed by atoms with Gasteiger partial charge >= 0.3 is 0 Å². The Bertz CT molecular complexity index is 508. The molecule has 5 nitrogen and oxygen atoms in total. The maximum absolute atomic E-state index is 13.8. The molecule has 0 radical (unpaired) electrons. The standard InChI is InChI=1S/C15H22FN3O2/c1-18(2)15(20)13-9-17-6-7-19(13)10-11-4-5-14(21-3)12(16)8-11/h4-5,8,13,17H,6-7,9-10H2,1-3H3. The SMILES string of the molecule is COc1ccc(CN2CCNCC2C(=O)N(C)C)cc1F. The van der Waals surface area contributed by atoms with Gasteiger partial charge in [0.15, 0.2) is 11.6 Å². The Hall–Kier alpha value is -1.66. The summed E-state index contributed by atoms with van der Waals surface area (Å²) in [5.41, 5.74) is 0.840. The van der Waals surface area contributed by atoms with Crippen LogP contribution < -0.4 is 10.1 Å². The Balaban J connectivity index is 2.12. The third-order valence-corrected chi connectivity index (χ3v) is 3.68. The molecule has 1 atom stereocenters. The second-order valence-electron chi connectivity index (χ2n) is 5.39. The lowest BCUT2D eigenvalue weighted by Crippen LogP contribution is -2.57. The summed E-state index contributed by atoms with van der Waals surface area (Å²) in [5, 5.41) is 3.23. The molecule has 1 fully saturated rings. The summed E-state index contributed by atoms with van der Waals surface area (Å²) in [6.45, 7) is 2.76. The number of nitrogens with one attached hydrogen (secondary N) is 1. The molecule has 1 N–H and O–H groups in total. The van der Waals surface area contributed by atoms with Gasteiger partial charge in [0.1, 0.15) is 6.04 Å². The number of methoxy groups -OCH3 is 1. The number of ether oxygens (including phenoxy) is 1. The molecule has 0 aliphatic carbocycles. The number of nitrogens with zero attached hydrogens (tertiary/aromatic N) is 2. The Kier molecular flexibility index (Phi) is 5.14. The van der Waals surface area contributed by atoms with E-state index in [1.54, 1.807) is 25.1 Å². The molecule has 1 saturated heterocycles. The normalized spacial score (nSPS) is 19.3. The van der Waals surface area contributed by atoms with Crippen molar-refractivity contribution in [1.82, 2.24) is 15.1 Å². The average Bonchev–Trinajstić information content (AvgIpc) is 2.47. The third kappa shape index (κ3) is 3.71. The highest BCUT2D eigenvalue weighted by molar-refractivity contribution is 5.81. The van der Waals surface area contributed by atoms with Crippen LogP contribution in [-0.2, 0) is 11.3 Å². The number of benzene rings is 1. The molecule has 2 rings (SSSR count). The van der Waals surface area contributed by atoms with Crippen LogP contribution >= 0.6 is 0 Å². The number of halogens is 1. The lowest BCUT2D eigenvalue weighted by atomic mass is 10.1. The second kappa shape index (κ2) is 6.87. The van der Waals surface area contributed by atoms with E-state index in [2.05, 4.69) is 10.2 Å². The van der Waals surface area contributed by atoms with Crippen LogP contribution in [0.5, 0.6) is 5.75 Å². The van der Waals surface area contributed by atoms with Gasteiger partial charge in [-0.15, -0.1) is 0 Å². The molecule has 1 aliphatic rings. The van der Waals surface area contributed by atoms with Crippen LogP contribution in [0.3, 0.4) is 0 Å². The van der Waals surface area contributed by atoms with Crippen molar-refractivity contribution in [3.05, 3.63) is 29.6 Å². The number of hydrogen-bond acceptors (Lipinski definition) is 4. The number of carbonyl (C=O) groups is 1. The molecule has 1 unspecified atom stereocenters. The number of carbonyl (C=O) groups excluding carboxylic acids is 1. The Morgan fingerprint density at radius 3 is 2.90 bits per heavy atom. The van der Waals surface area contributed by atoms with Crippen LogP contribution in [0.15, 0.2) is 18.2 Å². The Morgan fingerprint density at radius 2 is 2.29 bits per heavy atom. The largest absolute Gasteiger partial charge is 0.494 e. The number of piperazine rings is 1. The summed E-state index contributed by atoms with van der Waals surface area (Å²) in [7, 11) is 4.95. The molecule has 0 saturated carbocycles. The van der Waals surface area contributed by atoms with Crippen LogP contribution in [0.25, 0.3) is 0 Å². The second-order valence-corrected chi connectivity index (χ2v) is 5.39. The summed E-state index contributed by atoms with van der Waals surface area (Å²) < 4.78 is 18.7. The smallest absolute Gasteiger partial charge is 0.240 e.